The lowest BCUT2D eigenvalue weighted by Crippen LogP contribution is -2.30. The van der Waals surface area contributed by atoms with E-state index in [0.29, 0.717) is 12.0 Å². The molecule has 0 aliphatic heterocycles. The zero-order chi connectivity index (χ0) is 15.9. The molecule has 0 amide bonds. The molecular weight excluding hydrogens is 300 g/mol. The quantitative estimate of drug-likeness (QED) is 0.813. The molecule has 0 radical (unpaired) electrons. The summed E-state index contributed by atoms with van der Waals surface area (Å²) in [6.45, 7) is 6.00. The number of carbonyl (C=O) groups excluding carboxylic acids is 1. The lowest BCUT2D eigenvalue weighted by atomic mass is 10.2. The van der Waals surface area contributed by atoms with E-state index >= 15 is 0 Å². The normalized spacial score (nSPS) is 15.3. The zero-order valence-electron chi connectivity index (χ0n) is 13.1. The molecule has 22 heavy (non-hydrogen) atoms. The Bertz CT molecular complexity index is 776. The summed E-state index contributed by atoms with van der Waals surface area (Å²) in [5, 5.41) is 0.698. The van der Waals surface area contributed by atoms with Gasteiger partial charge in [-0.3, -0.25) is 9.36 Å². The van der Waals surface area contributed by atoms with Gasteiger partial charge in [0, 0.05) is 4.88 Å². The minimum absolute atomic E-state index is 0.126. The van der Waals surface area contributed by atoms with Crippen LogP contribution >= 0.6 is 11.3 Å². The van der Waals surface area contributed by atoms with Crippen molar-refractivity contribution in [3.8, 4) is 0 Å². The number of hydrogen-bond acceptors (Lipinski definition) is 5. The molecule has 0 fully saturated rings. The number of aromatic nitrogens is 2. The fourth-order valence-electron chi connectivity index (χ4n) is 2.76. The van der Waals surface area contributed by atoms with Crippen LogP contribution in [0.5, 0.6) is 0 Å². The highest BCUT2D eigenvalue weighted by Crippen LogP contribution is 2.34. The highest BCUT2D eigenvalue weighted by Gasteiger charge is 2.24. The topological polar surface area (TPSA) is 61.2 Å². The summed E-state index contributed by atoms with van der Waals surface area (Å²) in [5.41, 5.74) is 1.01. The van der Waals surface area contributed by atoms with Gasteiger partial charge < -0.3 is 4.74 Å². The van der Waals surface area contributed by atoms with Crippen molar-refractivity contribution in [3.05, 3.63) is 27.1 Å². The number of carbonyl (C=O) groups is 1. The van der Waals surface area contributed by atoms with Crippen LogP contribution in [0, 0.1) is 5.92 Å². The van der Waals surface area contributed by atoms with Gasteiger partial charge in [0.1, 0.15) is 10.9 Å². The largest absolute Gasteiger partial charge is 0.464 e. The van der Waals surface area contributed by atoms with Crippen molar-refractivity contribution >= 4 is 27.5 Å². The Hall–Kier alpha value is -1.69. The highest BCUT2D eigenvalue weighted by atomic mass is 32.1. The number of aryl methyl sites for hydroxylation is 2. The second kappa shape index (κ2) is 5.83. The molecule has 0 bridgehead atoms. The van der Waals surface area contributed by atoms with Crippen LogP contribution in [-0.4, -0.2) is 22.1 Å². The Morgan fingerprint density at radius 2 is 2.18 bits per heavy atom. The zero-order valence-corrected chi connectivity index (χ0v) is 13.9. The van der Waals surface area contributed by atoms with Gasteiger partial charge in [0.25, 0.3) is 5.56 Å². The van der Waals surface area contributed by atoms with E-state index in [1.165, 1.54) is 15.8 Å². The Morgan fingerprint density at radius 1 is 1.41 bits per heavy atom. The molecule has 0 aromatic carbocycles. The Labute approximate surface area is 132 Å². The first kappa shape index (κ1) is 15.2. The monoisotopic (exact) mass is 320 g/mol. The summed E-state index contributed by atoms with van der Waals surface area (Å²) < 4.78 is 6.64. The average Bonchev–Trinajstić information content (AvgIpc) is 3.04. The van der Waals surface area contributed by atoms with E-state index in [1.807, 2.05) is 13.8 Å². The van der Waals surface area contributed by atoms with Crippen LogP contribution in [0.4, 0.5) is 0 Å². The standard InChI is InChI=1S/C16H20N2O3S/c1-9(2)7-21-16(20)10(3)18-8-17-14-13(15(18)19)11-5-4-6-12(11)22-14/h8-10H,4-7H2,1-3H3/t10-/m1/s1. The van der Waals surface area contributed by atoms with Crippen molar-refractivity contribution in [1.82, 2.24) is 9.55 Å². The molecule has 0 N–H and O–H groups in total. The van der Waals surface area contributed by atoms with Crippen LogP contribution in [0.2, 0.25) is 0 Å². The number of esters is 1. The van der Waals surface area contributed by atoms with Crippen molar-refractivity contribution in [1.29, 1.82) is 0 Å². The van der Waals surface area contributed by atoms with Crippen LogP contribution in [-0.2, 0) is 22.4 Å². The third-order valence-corrected chi connectivity index (χ3v) is 5.17. The third kappa shape index (κ3) is 2.56. The first-order valence-corrected chi connectivity index (χ1v) is 8.48. The maximum atomic E-state index is 12.8. The van der Waals surface area contributed by atoms with Gasteiger partial charge in [0.2, 0.25) is 0 Å². The molecule has 2 heterocycles. The van der Waals surface area contributed by atoms with Gasteiger partial charge in [-0.2, -0.15) is 0 Å². The van der Waals surface area contributed by atoms with E-state index in [9.17, 15) is 9.59 Å². The number of ether oxygens (including phenoxy) is 1. The summed E-state index contributed by atoms with van der Waals surface area (Å²) in [4.78, 5) is 31.3. The van der Waals surface area contributed by atoms with Gasteiger partial charge in [0.15, 0.2) is 0 Å². The number of fused-ring (bicyclic) bond motifs is 3. The van der Waals surface area contributed by atoms with Crippen molar-refractivity contribution in [3.63, 3.8) is 0 Å². The fraction of sp³-hybridized carbons (Fsp3) is 0.562. The van der Waals surface area contributed by atoms with E-state index in [2.05, 4.69) is 4.98 Å². The number of thiophene rings is 1. The fourth-order valence-corrected chi connectivity index (χ4v) is 3.98. The van der Waals surface area contributed by atoms with E-state index in [4.69, 9.17) is 4.74 Å². The van der Waals surface area contributed by atoms with Crippen molar-refractivity contribution < 1.29 is 9.53 Å². The van der Waals surface area contributed by atoms with E-state index < -0.39 is 6.04 Å². The van der Waals surface area contributed by atoms with Gasteiger partial charge in [-0.15, -0.1) is 11.3 Å². The number of nitrogens with zero attached hydrogens (tertiary/aromatic N) is 2. The number of hydrogen-bond donors (Lipinski definition) is 0. The van der Waals surface area contributed by atoms with Crippen molar-refractivity contribution in [2.45, 2.75) is 46.1 Å². The summed E-state index contributed by atoms with van der Waals surface area (Å²) in [6.07, 6.45) is 4.53. The predicted octanol–water partition coefficient (Wildman–Crippen LogP) is 2.71. The van der Waals surface area contributed by atoms with Crippen molar-refractivity contribution in [2.75, 3.05) is 6.61 Å². The first-order valence-electron chi connectivity index (χ1n) is 7.67. The van der Waals surface area contributed by atoms with Crippen LogP contribution in [0.3, 0.4) is 0 Å². The SMILES string of the molecule is CC(C)COC(=O)[C@@H](C)n1cnc2sc3c(c2c1=O)CCC3. The molecule has 1 aliphatic rings. The molecule has 0 spiro atoms. The van der Waals surface area contributed by atoms with E-state index in [0.717, 1.165) is 29.7 Å². The van der Waals surface area contributed by atoms with Gasteiger partial charge in [-0.25, -0.2) is 9.78 Å². The second-order valence-electron chi connectivity index (χ2n) is 6.19. The van der Waals surface area contributed by atoms with Crippen molar-refractivity contribution in [2.24, 2.45) is 5.92 Å². The third-order valence-electron chi connectivity index (χ3n) is 3.97. The summed E-state index contributed by atoms with van der Waals surface area (Å²) in [6, 6.07) is -0.653. The second-order valence-corrected chi connectivity index (χ2v) is 7.28. The van der Waals surface area contributed by atoms with Gasteiger partial charge in [-0.05, 0) is 37.7 Å². The molecule has 6 heteroatoms. The Balaban J connectivity index is 1.96. The van der Waals surface area contributed by atoms with E-state index in [1.54, 1.807) is 18.3 Å². The average molecular weight is 320 g/mol. The predicted molar refractivity (Wildman–Crippen MR) is 86.4 cm³/mol. The molecule has 5 nitrogen and oxygen atoms in total. The molecule has 3 rings (SSSR count). The van der Waals surface area contributed by atoms with E-state index in [-0.39, 0.29) is 17.4 Å². The van der Waals surface area contributed by atoms with Gasteiger partial charge in [-0.1, -0.05) is 13.8 Å². The first-order chi connectivity index (χ1) is 10.5. The molecule has 1 atom stereocenters. The maximum Gasteiger partial charge on any atom is 0.329 e. The molecule has 118 valence electrons. The Kier molecular flexibility index (Phi) is 4.04. The molecule has 0 saturated carbocycles. The summed E-state index contributed by atoms with van der Waals surface area (Å²) in [5.74, 6) is -0.113. The van der Waals surface area contributed by atoms with Crippen LogP contribution in [0.25, 0.3) is 10.2 Å². The highest BCUT2D eigenvalue weighted by molar-refractivity contribution is 7.18. The van der Waals surface area contributed by atoms with Crippen LogP contribution < -0.4 is 5.56 Å². The molecule has 0 saturated heterocycles. The molecule has 2 aromatic rings. The smallest absolute Gasteiger partial charge is 0.329 e. The van der Waals surface area contributed by atoms with Crippen LogP contribution in [0.15, 0.2) is 11.1 Å². The van der Waals surface area contributed by atoms with Crippen LogP contribution in [0.1, 0.15) is 43.7 Å². The minimum Gasteiger partial charge on any atom is -0.464 e. The summed E-state index contributed by atoms with van der Waals surface area (Å²) >= 11 is 1.60. The van der Waals surface area contributed by atoms with Gasteiger partial charge in [0.05, 0.1) is 18.3 Å². The number of rotatable bonds is 4. The molecule has 1 aliphatic carbocycles. The molecule has 0 unspecified atom stereocenters. The lowest BCUT2D eigenvalue weighted by molar-refractivity contribution is -0.148. The minimum atomic E-state index is -0.653. The molecule has 2 aromatic heterocycles. The van der Waals surface area contributed by atoms with Gasteiger partial charge >= 0.3 is 5.97 Å². The molecular formula is C16H20N2O3S. The summed E-state index contributed by atoms with van der Waals surface area (Å²) in [7, 11) is 0. The maximum absolute atomic E-state index is 12.8. The lowest BCUT2D eigenvalue weighted by Gasteiger charge is -2.15. The Morgan fingerprint density at radius 3 is 2.91 bits per heavy atom.